The molecular formula is C23H27F2N5O3. The molecule has 0 spiro atoms. The maximum atomic E-state index is 13.7. The minimum atomic E-state index is -2.77. The number of hydrogen-bond donors (Lipinski definition) is 0. The number of amides is 1. The number of imidazole rings is 1. The third-order valence-corrected chi connectivity index (χ3v) is 5.22. The lowest BCUT2D eigenvalue weighted by Gasteiger charge is -2.24. The number of fused-ring (bicyclic) bond motifs is 1. The summed E-state index contributed by atoms with van der Waals surface area (Å²) in [6.07, 6.45) is -2.33. The summed E-state index contributed by atoms with van der Waals surface area (Å²) >= 11 is 0. The summed E-state index contributed by atoms with van der Waals surface area (Å²) < 4.78 is 40.1. The summed E-state index contributed by atoms with van der Waals surface area (Å²) in [6.45, 7) is 8.63. The first-order valence-electron chi connectivity index (χ1n) is 10.8. The Kier molecular flexibility index (Phi) is 6.18. The molecule has 2 aromatic heterocycles. The Balaban J connectivity index is 1.50. The van der Waals surface area contributed by atoms with Gasteiger partial charge in [0.25, 0.3) is 6.43 Å². The average Bonchev–Trinajstić information content (AvgIpc) is 3.35. The summed E-state index contributed by atoms with van der Waals surface area (Å²) in [4.78, 5) is 26.7. The standard InChI is InChI=1S/C23H27F2N5O3/c1-14-26-18(30-17-8-6-5-7-16(17)28-21(30)20(24)25)11-19(27-14)32-13-15-9-10-29(12-15)22(31)33-23(2,3)4/h5-8,11,15,20H,9-10,12-13H2,1-4H3/t15-/m0/s1. The molecule has 0 bridgehead atoms. The third-order valence-electron chi connectivity index (χ3n) is 5.22. The second kappa shape index (κ2) is 8.92. The molecule has 8 nitrogen and oxygen atoms in total. The van der Waals surface area contributed by atoms with Gasteiger partial charge in [-0.25, -0.2) is 23.5 Å². The van der Waals surface area contributed by atoms with Crippen LogP contribution < -0.4 is 4.74 Å². The number of aromatic nitrogens is 4. The number of carbonyl (C=O) groups excluding carboxylic acids is 1. The van der Waals surface area contributed by atoms with Crippen molar-refractivity contribution in [1.82, 2.24) is 24.4 Å². The SMILES string of the molecule is Cc1nc(OC[C@H]2CCN(C(=O)OC(C)(C)C)C2)cc(-n2c(C(F)F)nc3ccccc32)n1. The minimum absolute atomic E-state index is 0.113. The van der Waals surface area contributed by atoms with Crippen molar-refractivity contribution in [2.24, 2.45) is 5.92 Å². The van der Waals surface area contributed by atoms with Crippen LogP contribution in [0.4, 0.5) is 13.6 Å². The molecule has 3 aromatic rings. The van der Waals surface area contributed by atoms with E-state index in [4.69, 9.17) is 9.47 Å². The van der Waals surface area contributed by atoms with Crippen LogP contribution >= 0.6 is 0 Å². The van der Waals surface area contributed by atoms with Crippen molar-refractivity contribution < 1.29 is 23.0 Å². The molecule has 1 aromatic carbocycles. The van der Waals surface area contributed by atoms with E-state index in [9.17, 15) is 13.6 Å². The van der Waals surface area contributed by atoms with Gasteiger partial charge in [-0.1, -0.05) is 12.1 Å². The highest BCUT2D eigenvalue weighted by atomic mass is 19.3. The van der Waals surface area contributed by atoms with E-state index in [2.05, 4.69) is 15.0 Å². The first kappa shape index (κ1) is 22.9. The minimum Gasteiger partial charge on any atom is -0.477 e. The van der Waals surface area contributed by atoms with Gasteiger partial charge in [-0.05, 0) is 46.2 Å². The number of aryl methyl sites for hydroxylation is 1. The number of rotatable bonds is 5. The van der Waals surface area contributed by atoms with Crippen LogP contribution in [-0.2, 0) is 4.74 Å². The summed E-state index contributed by atoms with van der Waals surface area (Å²) in [5, 5.41) is 0. The molecule has 0 saturated carbocycles. The van der Waals surface area contributed by atoms with E-state index >= 15 is 0 Å². The van der Waals surface area contributed by atoms with Crippen LogP contribution in [0.5, 0.6) is 5.88 Å². The number of likely N-dealkylation sites (tertiary alicyclic amines) is 1. The number of benzene rings is 1. The van der Waals surface area contributed by atoms with E-state index in [1.165, 1.54) is 10.6 Å². The smallest absolute Gasteiger partial charge is 0.410 e. The van der Waals surface area contributed by atoms with Gasteiger partial charge in [0, 0.05) is 25.1 Å². The highest BCUT2D eigenvalue weighted by Gasteiger charge is 2.30. The van der Waals surface area contributed by atoms with Crippen molar-refractivity contribution in [3.05, 3.63) is 42.0 Å². The Bertz CT molecular complexity index is 1160. The molecule has 1 aliphatic heterocycles. The van der Waals surface area contributed by atoms with Gasteiger partial charge in [-0.2, -0.15) is 4.98 Å². The molecule has 1 amide bonds. The molecule has 33 heavy (non-hydrogen) atoms. The number of halogens is 2. The zero-order valence-electron chi connectivity index (χ0n) is 19.1. The van der Waals surface area contributed by atoms with Crippen LogP contribution in [0.3, 0.4) is 0 Å². The van der Waals surface area contributed by atoms with E-state index in [0.717, 1.165) is 6.42 Å². The van der Waals surface area contributed by atoms with Crippen molar-refractivity contribution in [2.75, 3.05) is 19.7 Å². The Morgan fingerprint density at radius 1 is 1.21 bits per heavy atom. The van der Waals surface area contributed by atoms with Crippen molar-refractivity contribution in [3.63, 3.8) is 0 Å². The molecule has 3 heterocycles. The van der Waals surface area contributed by atoms with Crippen LogP contribution in [0, 0.1) is 12.8 Å². The zero-order chi connectivity index (χ0) is 23.8. The summed E-state index contributed by atoms with van der Waals surface area (Å²) in [6, 6.07) is 8.44. The lowest BCUT2D eigenvalue weighted by Crippen LogP contribution is -2.35. The summed E-state index contributed by atoms with van der Waals surface area (Å²) in [7, 11) is 0. The van der Waals surface area contributed by atoms with Gasteiger partial charge >= 0.3 is 6.09 Å². The van der Waals surface area contributed by atoms with Crippen LogP contribution in [0.15, 0.2) is 30.3 Å². The second-order valence-corrected chi connectivity index (χ2v) is 9.10. The largest absolute Gasteiger partial charge is 0.477 e. The van der Waals surface area contributed by atoms with Gasteiger partial charge in [0.2, 0.25) is 5.88 Å². The van der Waals surface area contributed by atoms with E-state index < -0.39 is 12.0 Å². The highest BCUT2D eigenvalue weighted by Crippen LogP contribution is 2.28. The molecule has 0 unspecified atom stereocenters. The van der Waals surface area contributed by atoms with Crippen molar-refractivity contribution >= 4 is 17.1 Å². The molecule has 0 radical (unpaired) electrons. The number of para-hydroxylation sites is 2. The maximum Gasteiger partial charge on any atom is 0.410 e. The molecule has 1 saturated heterocycles. The molecule has 0 aliphatic carbocycles. The van der Waals surface area contributed by atoms with E-state index in [1.807, 2.05) is 20.8 Å². The summed E-state index contributed by atoms with van der Waals surface area (Å²) in [5.74, 6) is 0.669. The third kappa shape index (κ3) is 5.20. The zero-order valence-corrected chi connectivity index (χ0v) is 19.1. The van der Waals surface area contributed by atoms with Gasteiger partial charge < -0.3 is 14.4 Å². The van der Waals surface area contributed by atoms with Crippen LogP contribution in [0.1, 0.15) is 45.3 Å². The van der Waals surface area contributed by atoms with Gasteiger partial charge in [0.1, 0.15) is 17.2 Å². The van der Waals surface area contributed by atoms with Gasteiger partial charge in [-0.15, -0.1) is 0 Å². The van der Waals surface area contributed by atoms with Crippen molar-refractivity contribution in [1.29, 1.82) is 0 Å². The lowest BCUT2D eigenvalue weighted by atomic mass is 10.1. The number of nitrogens with zero attached hydrogens (tertiary/aromatic N) is 5. The lowest BCUT2D eigenvalue weighted by molar-refractivity contribution is 0.0284. The molecule has 1 atom stereocenters. The predicted molar refractivity (Wildman–Crippen MR) is 118 cm³/mol. The molecule has 4 rings (SSSR count). The monoisotopic (exact) mass is 459 g/mol. The fourth-order valence-electron chi connectivity index (χ4n) is 3.81. The molecule has 0 N–H and O–H groups in total. The van der Waals surface area contributed by atoms with Crippen molar-refractivity contribution in [2.45, 2.75) is 46.1 Å². The average molecular weight is 459 g/mol. The molecule has 1 aliphatic rings. The number of alkyl halides is 2. The van der Waals surface area contributed by atoms with Crippen LogP contribution in [0.25, 0.3) is 16.9 Å². The highest BCUT2D eigenvalue weighted by molar-refractivity contribution is 5.78. The Morgan fingerprint density at radius 3 is 2.70 bits per heavy atom. The molecule has 176 valence electrons. The van der Waals surface area contributed by atoms with Crippen LogP contribution in [0.2, 0.25) is 0 Å². The van der Waals surface area contributed by atoms with Gasteiger partial charge in [-0.3, -0.25) is 4.57 Å². The number of hydrogen-bond acceptors (Lipinski definition) is 6. The molecule has 10 heteroatoms. The number of carbonyl (C=O) groups is 1. The first-order valence-corrected chi connectivity index (χ1v) is 10.8. The van der Waals surface area contributed by atoms with E-state index in [-0.39, 0.29) is 29.5 Å². The first-order chi connectivity index (χ1) is 15.6. The van der Waals surface area contributed by atoms with E-state index in [1.54, 1.807) is 36.1 Å². The fourth-order valence-corrected chi connectivity index (χ4v) is 3.81. The van der Waals surface area contributed by atoms with Gasteiger partial charge in [0.15, 0.2) is 5.82 Å². The summed E-state index contributed by atoms with van der Waals surface area (Å²) in [5.41, 5.74) is 0.440. The quantitative estimate of drug-likeness (QED) is 0.550. The number of ether oxygens (including phenoxy) is 2. The normalized spacial score (nSPS) is 16.6. The van der Waals surface area contributed by atoms with Gasteiger partial charge in [0.05, 0.1) is 17.6 Å². The Morgan fingerprint density at radius 2 is 1.97 bits per heavy atom. The van der Waals surface area contributed by atoms with Crippen molar-refractivity contribution in [3.8, 4) is 11.7 Å². The Labute approximate surface area is 190 Å². The molecule has 1 fully saturated rings. The van der Waals surface area contributed by atoms with E-state index in [0.29, 0.717) is 36.6 Å². The predicted octanol–water partition coefficient (Wildman–Crippen LogP) is 4.70. The molecular weight excluding hydrogens is 432 g/mol. The second-order valence-electron chi connectivity index (χ2n) is 9.10. The van der Waals surface area contributed by atoms with Crippen LogP contribution in [-0.4, -0.2) is 55.8 Å². The topological polar surface area (TPSA) is 82.4 Å². The maximum absolute atomic E-state index is 13.7. The Hall–Kier alpha value is -3.30. The fraction of sp³-hybridized carbons (Fsp3) is 0.478.